The van der Waals surface area contributed by atoms with Crippen LogP contribution in [0.4, 0.5) is 0 Å². The maximum atomic E-state index is 12.2. The minimum absolute atomic E-state index is 0.192. The number of hydrogen-bond acceptors (Lipinski definition) is 4. The van der Waals surface area contributed by atoms with Crippen LogP contribution < -0.4 is 4.74 Å². The lowest BCUT2D eigenvalue weighted by Crippen LogP contribution is -2.10. The summed E-state index contributed by atoms with van der Waals surface area (Å²) < 4.78 is 10.6. The highest BCUT2D eigenvalue weighted by molar-refractivity contribution is 9.10. The first-order valence-electron chi connectivity index (χ1n) is 6.56. The van der Waals surface area contributed by atoms with Gasteiger partial charge in [-0.1, -0.05) is 23.2 Å². The summed E-state index contributed by atoms with van der Waals surface area (Å²) in [7, 11) is 0. The van der Waals surface area contributed by atoms with Gasteiger partial charge >= 0.3 is 11.9 Å². The van der Waals surface area contributed by atoms with E-state index in [2.05, 4.69) is 15.9 Å². The van der Waals surface area contributed by atoms with Crippen LogP contribution in [0.5, 0.6) is 5.75 Å². The predicted octanol–water partition coefficient (Wildman–Crippen LogP) is 5.15. The molecule has 0 amide bonds. The molecule has 4 nitrogen and oxygen atoms in total. The van der Waals surface area contributed by atoms with Crippen molar-refractivity contribution < 1.29 is 19.1 Å². The van der Waals surface area contributed by atoms with Crippen LogP contribution in [0.3, 0.4) is 0 Å². The number of carbonyl (C=O) groups is 2. The Morgan fingerprint density at radius 3 is 2.43 bits per heavy atom. The Morgan fingerprint density at radius 1 is 1.09 bits per heavy atom. The second-order valence-electron chi connectivity index (χ2n) is 4.38. The Bertz CT molecular complexity index is 762. The van der Waals surface area contributed by atoms with E-state index in [0.717, 1.165) is 0 Å². The van der Waals surface area contributed by atoms with E-state index in [1.165, 1.54) is 30.3 Å². The zero-order valence-corrected chi connectivity index (χ0v) is 15.0. The van der Waals surface area contributed by atoms with Crippen molar-refractivity contribution in [2.24, 2.45) is 0 Å². The van der Waals surface area contributed by atoms with E-state index in [0.29, 0.717) is 15.1 Å². The van der Waals surface area contributed by atoms with E-state index in [9.17, 15) is 9.59 Å². The Morgan fingerprint density at radius 2 is 1.83 bits per heavy atom. The lowest BCUT2D eigenvalue weighted by atomic mass is 10.2. The van der Waals surface area contributed by atoms with Crippen molar-refractivity contribution in [3.8, 4) is 5.75 Å². The third kappa shape index (κ3) is 4.47. The zero-order chi connectivity index (χ0) is 17.0. The summed E-state index contributed by atoms with van der Waals surface area (Å²) >= 11 is 15.0. The summed E-state index contributed by atoms with van der Waals surface area (Å²) in [5.74, 6) is -0.822. The lowest BCUT2D eigenvalue weighted by Gasteiger charge is -2.09. The van der Waals surface area contributed by atoms with Crippen molar-refractivity contribution >= 4 is 51.1 Å². The summed E-state index contributed by atoms with van der Waals surface area (Å²) in [6, 6.07) is 9.01. The molecule has 0 fully saturated rings. The van der Waals surface area contributed by atoms with E-state index in [1.807, 2.05) is 0 Å². The van der Waals surface area contributed by atoms with Crippen LogP contribution in [0, 0.1) is 0 Å². The molecule has 2 aromatic carbocycles. The maximum Gasteiger partial charge on any atom is 0.345 e. The molecular formula is C16H11BrCl2O4. The third-order valence-electron chi connectivity index (χ3n) is 2.80. The van der Waals surface area contributed by atoms with Gasteiger partial charge in [-0.25, -0.2) is 9.59 Å². The first-order valence-corrected chi connectivity index (χ1v) is 8.11. The molecule has 0 saturated carbocycles. The highest BCUT2D eigenvalue weighted by Gasteiger charge is 2.16. The fraction of sp³-hybridized carbons (Fsp3) is 0.125. The summed E-state index contributed by atoms with van der Waals surface area (Å²) in [5.41, 5.74) is 0.542. The second kappa shape index (κ2) is 7.81. The fourth-order valence-electron chi connectivity index (χ4n) is 1.73. The van der Waals surface area contributed by atoms with Crippen LogP contribution in [0.15, 0.2) is 40.9 Å². The molecule has 2 aromatic rings. The van der Waals surface area contributed by atoms with Crippen LogP contribution >= 0.6 is 39.1 Å². The van der Waals surface area contributed by atoms with Gasteiger partial charge in [-0.05, 0) is 59.3 Å². The molecule has 2 rings (SSSR count). The first kappa shape index (κ1) is 17.8. The van der Waals surface area contributed by atoms with E-state index < -0.39 is 11.9 Å². The standard InChI is InChI=1S/C16H11BrCl2O4/c1-2-22-15(20)9-3-6-14(12(17)7-9)23-16(21)11-5-4-10(18)8-13(11)19/h3-8H,2H2,1H3. The van der Waals surface area contributed by atoms with Gasteiger partial charge in [-0.15, -0.1) is 0 Å². The molecule has 0 spiro atoms. The molecule has 0 aliphatic rings. The van der Waals surface area contributed by atoms with Gasteiger partial charge in [-0.2, -0.15) is 0 Å². The van der Waals surface area contributed by atoms with Crippen LogP contribution in [0.2, 0.25) is 10.0 Å². The molecule has 0 aliphatic carbocycles. The molecule has 0 bridgehead atoms. The molecular weight excluding hydrogens is 407 g/mol. The molecule has 7 heteroatoms. The predicted molar refractivity (Wildman–Crippen MR) is 91.5 cm³/mol. The number of benzene rings is 2. The van der Waals surface area contributed by atoms with E-state index in [1.54, 1.807) is 13.0 Å². The number of esters is 2. The highest BCUT2D eigenvalue weighted by Crippen LogP contribution is 2.28. The van der Waals surface area contributed by atoms with Crippen molar-refractivity contribution in [1.82, 2.24) is 0 Å². The highest BCUT2D eigenvalue weighted by atomic mass is 79.9. The molecule has 0 aromatic heterocycles. The average molecular weight is 418 g/mol. The van der Waals surface area contributed by atoms with Gasteiger partial charge in [-0.3, -0.25) is 0 Å². The number of carbonyl (C=O) groups excluding carboxylic acids is 2. The summed E-state index contributed by atoms with van der Waals surface area (Å²) in [6.07, 6.45) is 0. The number of hydrogen-bond donors (Lipinski definition) is 0. The van der Waals surface area contributed by atoms with Gasteiger partial charge in [0, 0.05) is 5.02 Å². The van der Waals surface area contributed by atoms with Gasteiger partial charge in [0.25, 0.3) is 0 Å². The molecule has 23 heavy (non-hydrogen) atoms. The summed E-state index contributed by atoms with van der Waals surface area (Å²) in [5, 5.41) is 0.619. The molecule has 0 aliphatic heterocycles. The van der Waals surface area contributed by atoms with Crippen LogP contribution in [0.25, 0.3) is 0 Å². The molecule has 0 atom stereocenters. The fourth-order valence-corrected chi connectivity index (χ4v) is 2.68. The third-order valence-corrected chi connectivity index (χ3v) is 3.96. The maximum absolute atomic E-state index is 12.2. The van der Waals surface area contributed by atoms with Crippen molar-refractivity contribution in [2.75, 3.05) is 6.61 Å². The second-order valence-corrected chi connectivity index (χ2v) is 6.08. The quantitative estimate of drug-likeness (QED) is 0.509. The summed E-state index contributed by atoms with van der Waals surface area (Å²) in [6.45, 7) is 2.00. The van der Waals surface area contributed by atoms with Crippen molar-refractivity contribution in [2.45, 2.75) is 6.92 Å². The first-order chi connectivity index (χ1) is 10.9. The Kier molecular flexibility index (Phi) is 6.04. The molecule has 0 heterocycles. The average Bonchev–Trinajstić information content (AvgIpc) is 2.49. The number of halogens is 3. The SMILES string of the molecule is CCOC(=O)c1ccc(OC(=O)c2ccc(Cl)cc2Cl)c(Br)c1. The Labute approximate surface area is 151 Å². The molecule has 0 N–H and O–H groups in total. The molecule has 0 radical (unpaired) electrons. The normalized spacial score (nSPS) is 10.3. The van der Waals surface area contributed by atoms with Crippen LogP contribution in [-0.2, 0) is 4.74 Å². The van der Waals surface area contributed by atoms with Crippen LogP contribution in [-0.4, -0.2) is 18.5 Å². The molecule has 0 unspecified atom stereocenters. The van der Waals surface area contributed by atoms with E-state index in [-0.39, 0.29) is 22.9 Å². The largest absolute Gasteiger partial charge is 0.462 e. The lowest BCUT2D eigenvalue weighted by molar-refractivity contribution is 0.0526. The monoisotopic (exact) mass is 416 g/mol. The minimum Gasteiger partial charge on any atom is -0.462 e. The van der Waals surface area contributed by atoms with Crippen LogP contribution in [0.1, 0.15) is 27.6 Å². The summed E-state index contributed by atoms with van der Waals surface area (Å²) in [4.78, 5) is 23.8. The van der Waals surface area contributed by atoms with Crippen molar-refractivity contribution in [3.05, 3.63) is 62.0 Å². The Balaban J connectivity index is 2.20. The van der Waals surface area contributed by atoms with Gasteiger partial charge in [0.2, 0.25) is 0 Å². The smallest absolute Gasteiger partial charge is 0.345 e. The molecule has 120 valence electrons. The van der Waals surface area contributed by atoms with Crippen molar-refractivity contribution in [1.29, 1.82) is 0 Å². The van der Waals surface area contributed by atoms with Gasteiger partial charge in [0.1, 0.15) is 5.75 Å². The number of ether oxygens (including phenoxy) is 2. The minimum atomic E-state index is -0.628. The van der Waals surface area contributed by atoms with Gasteiger partial charge in [0.15, 0.2) is 0 Å². The van der Waals surface area contributed by atoms with Crippen molar-refractivity contribution in [3.63, 3.8) is 0 Å². The van der Waals surface area contributed by atoms with Gasteiger partial charge < -0.3 is 9.47 Å². The van der Waals surface area contributed by atoms with E-state index in [4.69, 9.17) is 32.7 Å². The van der Waals surface area contributed by atoms with Gasteiger partial charge in [0.05, 0.1) is 27.2 Å². The Hall–Kier alpha value is -1.56. The topological polar surface area (TPSA) is 52.6 Å². The zero-order valence-electron chi connectivity index (χ0n) is 11.9. The number of rotatable bonds is 4. The van der Waals surface area contributed by atoms with E-state index >= 15 is 0 Å². The molecule has 0 saturated heterocycles.